The van der Waals surface area contributed by atoms with Gasteiger partial charge >= 0.3 is 0 Å². The fraction of sp³-hybridized carbons (Fsp3) is 0.833. The van der Waals surface area contributed by atoms with Crippen molar-refractivity contribution in [3.8, 4) is 0 Å². The predicted molar refractivity (Wildman–Crippen MR) is 64.5 cm³/mol. The summed E-state index contributed by atoms with van der Waals surface area (Å²) in [7, 11) is -1.64. The first-order valence-corrected chi connectivity index (χ1v) is 8.72. The van der Waals surface area contributed by atoms with E-state index < -0.39 is 8.32 Å². The molecule has 2 nitrogen and oxygen atoms in total. The van der Waals surface area contributed by atoms with Gasteiger partial charge in [-0.05, 0) is 24.6 Å². The van der Waals surface area contributed by atoms with Crippen molar-refractivity contribution >= 4 is 8.32 Å². The number of epoxide rings is 1. The van der Waals surface area contributed by atoms with Gasteiger partial charge in [0.1, 0.15) is 6.10 Å². The Morgan fingerprint density at radius 2 is 2.00 bits per heavy atom. The van der Waals surface area contributed by atoms with E-state index in [0.717, 1.165) is 6.42 Å². The SMILES string of the molecule is CC(C)(C)[Si](C)(C)O[C@H]1C=CC[C@@H]2O[C@H]12. The van der Waals surface area contributed by atoms with Crippen molar-refractivity contribution < 1.29 is 9.16 Å². The molecule has 0 radical (unpaired) electrons. The average molecular weight is 226 g/mol. The third-order valence-electron chi connectivity index (χ3n) is 3.88. The highest BCUT2D eigenvalue weighted by Gasteiger charge is 2.49. The van der Waals surface area contributed by atoms with Crippen LogP contribution >= 0.6 is 0 Å². The molecule has 15 heavy (non-hydrogen) atoms. The Morgan fingerprint density at radius 1 is 1.33 bits per heavy atom. The molecule has 1 aliphatic heterocycles. The molecule has 0 spiro atoms. The Hall–Kier alpha value is -0.123. The molecule has 1 saturated heterocycles. The zero-order valence-electron chi connectivity index (χ0n) is 10.4. The van der Waals surface area contributed by atoms with Crippen LogP contribution in [0.4, 0.5) is 0 Å². The Kier molecular flexibility index (Phi) is 2.60. The molecular weight excluding hydrogens is 204 g/mol. The van der Waals surface area contributed by atoms with Crippen LogP contribution < -0.4 is 0 Å². The normalized spacial score (nSPS) is 35.1. The van der Waals surface area contributed by atoms with Gasteiger partial charge in [-0.1, -0.05) is 32.9 Å². The molecule has 0 aromatic heterocycles. The van der Waals surface area contributed by atoms with Crippen molar-refractivity contribution in [2.45, 2.75) is 63.6 Å². The molecule has 0 saturated carbocycles. The Labute approximate surface area is 93.8 Å². The Balaban J connectivity index is 2.02. The van der Waals surface area contributed by atoms with E-state index in [4.69, 9.17) is 9.16 Å². The van der Waals surface area contributed by atoms with Crippen LogP contribution in [-0.4, -0.2) is 26.6 Å². The molecule has 1 aliphatic carbocycles. The van der Waals surface area contributed by atoms with E-state index in [1.807, 2.05) is 0 Å². The molecule has 1 fully saturated rings. The zero-order valence-corrected chi connectivity index (χ0v) is 11.4. The van der Waals surface area contributed by atoms with Crippen LogP contribution in [-0.2, 0) is 9.16 Å². The molecule has 0 bridgehead atoms. The lowest BCUT2D eigenvalue weighted by Crippen LogP contribution is -2.45. The first-order chi connectivity index (χ1) is 6.81. The molecule has 0 N–H and O–H groups in total. The first-order valence-electron chi connectivity index (χ1n) is 5.81. The highest BCUT2D eigenvalue weighted by Crippen LogP contribution is 2.41. The van der Waals surface area contributed by atoms with Gasteiger partial charge < -0.3 is 9.16 Å². The van der Waals surface area contributed by atoms with Crippen LogP contribution in [0.25, 0.3) is 0 Å². The minimum absolute atomic E-state index is 0.213. The van der Waals surface area contributed by atoms with E-state index in [1.54, 1.807) is 0 Å². The third-order valence-corrected chi connectivity index (χ3v) is 8.35. The van der Waals surface area contributed by atoms with Crippen molar-refractivity contribution in [1.29, 1.82) is 0 Å². The molecule has 0 aromatic rings. The molecule has 1 heterocycles. The van der Waals surface area contributed by atoms with Gasteiger partial charge in [-0.15, -0.1) is 0 Å². The molecule has 86 valence electrons. The number of hydrogen-bond donors (Lipinski definition) is 0. The van der Waals surface area contributed by atoms with Gasteiger partial charge in [0.05, 0.1) is 12.2 Å². The van der Waals surface area contributed by atoms with Gasteiger partial charge in [-0.25, -0.2) is 0 Å². The molecule has 0 unspecified atom stereocenters. The minimum atomic E-state index is -1.64. The summed E-state index contributed by atoms with van der Waals surface area (Å²) in [6.45, 7) is 11.4. The largest absolute Gasteiger partial charge is 0.408 e. The van der Waals surface area contributed by atoms with Gasteiger partial charge in [0.15, 0.2) is 8.32 Å². The molecule has 3 atom stereocenters. The second-order valence-electron chi connectivity index (χ2n) is 6.15. The summed E-state index contributed by atoms with van der Waals surface area (Å²) in [4.78, 5) is 0. The van der Waals surface area contributed by atoms with Gasteiger partial charge in [0.25, 0.3) is 0 Å². The van der Waals surface area contributed by atoms with Crippen LogP contribution in [0.1, 0.15) is 27.2 Å². The maximum Gasteiger partial charge on any atom is 0.193 e. The summed E-state index contributed by atoms with van der Waals surface area (Å²) in [5.41, 5.74) is 0. The van der Waals surface area contributed by atoms with Crippen molar-refractivity contribution in [1.82, 2.24) is 0 Å². The lowest BCUT2D eigenvalue weighted by molar-refractivity contribution is 0.182. The lowest BCUT2D eigenvalue weighted by atomic mass is 10.1. The zero-order chi connectivity index (χ0) is 11.3. The predicted octanol–water partition coefficient (Wildman–Crippen LogP) is 3.10. The molecule has 0 amide bonds. The molecule has 2 aliphatic rings. The third kappa shape index (κ3) is 2.19. The first kappa shape index (κ1) is 11.4. The van der Waals surface area contributed by atoms with Crippen molar-refractivity contribution in [2.24, 2.45) is 0 Å². The maximum atomic E-state index is 6.32. The lowest BCUT2D eigenvalue weighted by Gasteiger charge is -2.38. The molecular formula is C12H22O2Si. The van der Waals surface area contributed by atoms with E-state index in [1.165, 1.54) is 0 Å². The quantitative estimate of drug-likeness (QED) is 0.410. The number of rotatable bonds is 2. The van der Waals surface area contributed by atoms with E-state index in [-0.39, 0.29) is 11.1 Å². The number of fused-ring (bicyclic) bond motifs is 1. The fourth-order valence-electron chi connectivity index (χ4n) is 1.71. The summed E-state index contributed by atoms with van der Waals surface area (Å²) in [5.74, 6) is 0. The highest BCUT2D eigenvalue weighted by molar-refractivity contribution is 6.74. The van der Waals surface area contributed by atoms with Gasteiger partial charge in [0.2, 0.25) is 0 Å². The second kappa shape index (κ2) is 3.44. The number of ether oxygens (including phenoxy) is 1. The molecule has 2 rings (SSSR count). The highest BCUT2D eigenvalue weighted by atomic mass is 28.4. The minimum Gasteiger partial charge on any atom is -0.408 e. The maximum absolute atomic E-state index is 6.32. The van der Waals surface area contributed by atoms with Crippen LogP contribution in [0.15, 0.2) is 12.2 Å². The van der Waals surface area contributed by atoms with Crippen molar-refractivity contribution in [3.63, 3.8) is 0 Å². The fourth-order valence-corrected chi connectivity index (χ4v) is 2.96. The second-order valence-corrected chi connectivity index (χ2v) is 10.9. The summed E-state index contributed by atoms with van der Waals surface area (Å²) >= 11 is 0. The number of hydrogen-bond acceptors (Lipinski definition) is 2. The van der Waals surface area contributed by atoms with E-state index in [2.05, 4.69) is 46.0 Å². The van der Waals surface area contributed by atoms with Gasteiger partial charge in [-0.3, -0.25) is 0 Å². The summed E-state index contributed by atoms with van der Waals surface area (Å²) in [6.07, 6.45) is 6.47. The summed E-state index contributed by atoms with van der Waals surface area (Å²) < 4.78 is 11.9. The molecule has 3 heteroatoms. The molecule has 0 aromatic carbocycles. The van der Waals surface area contributed by atoms with Crippen LogP contribution in [0.5, 0.6) is 0 Å². The van der Waals surface area contributed by atoms with Crippen molar-refractivity contribution in [3.05, 3.63) is 12.2 Å². The van der Waals surface area contributed by atoms with Gasteiger partial charge in [-0.2, -0.15) is 0 Å². The van der Waals surface area contributed by atoms with Crippen LogP contribution in [0.3, 0.4) is 0 Å². The monoisotopic (exact) mass is 226 g/mol. The summed E-state index contributed by atoms with van der Waals surface area (Å²) in [5, 5.41) is 0.280. The van der Waals surface area contributed by atoms with Crippen LogP contribution in [0.2, 0.25) is 18.1 Å². The van der Waals surface area contributed by atoms with Crippen molar-refractivity contribution in [2.75, 3.05) is 0 Å². The Morgan fingerprint density at radius 3 is 2.60 bits per heavy atom. The van der Waals surface area contributed by atoms with E-state index in [0.29, 0.717) is 12.2 Å². The van der Waals surface area contributed by atoms with E-state index >= 15 is 0 Å². The van der Waals surface area contributed by atoms with Crippen LogP contribution in [0, 0.1) is 0 Å². The Bertz CT molecular complexity index is 278. The smallest absolute Gasteiger partial charge is 0.193 e. The topological polar surface area (TPSA) is 21.8 Å². The average Bonchev–Trinajstić information content (AvgIpc) is 2.80. The standard InChI is InChI=1S/C12H22O2Si/c1-12(2,3)15(4,5)14-10-8-6-7-9-11(10)13-9/h6,8-11H,7H2,1-5H3/t9-,10-,11-/m0/s1. The summed E-state index contributed by atoms with van der Waals surface area (Å²) in [6, 6.07) is 0. The van der Waals surface area contributed by atoms with E-state index in [9.17, 15) is 0 Å². The van der Waals surface area contributed by atoms with Gasteiger partial charge in [0, 0.05) is 0 Å².